The lowest BCUT2D eigenvalue weighted by molar-refractivity contribution is -0.362. The molecular weight excluding hydrogens is 581 g/mol. The van der Waals surface area contributed by atoms with Crippen LogP contribution in [0.3, 0.4) is 0 Å². The van der Waals surface area contributed by atoms with Gasteiger partial charge in [-0.05, 0) is 73.1 Å². The zero-order chi connectivity index (χ0) is 32.0. The Bertz CT molecular complexity index is 1400. The second-order valence-corrected chi connectivity index (χ2v) is 14.8. The number of rotatable bonds is 3. The monoisotopic (exact) mass is 621 g/mol. The fraction of sp³-hybridized carbons (Fsp3) is 0.676. The van der Waals surface area contributed by atoms with Gasteiger partial charge in [-0.25, -0.2) is 0 Å². The number of nitriles is 1. The molecule has 1 aromatic rings. The molecule has 10 heteroatoms. The van der Waals surface area contributed by atoms with Gasteiger partial charge in [-0.2, -0.15) is 27.2 Å². The highest BCUT2D eigenvalue weighted by Gasteiger charge is 2.79. The number of alkyl halides is 5. The van der Waals surface area contributed by atoms with Crippen LogP contribution in [0.5, 0.6) is 0 Å². The standard InChI is InChI=1S/C34H40F5NO4/c1-28(2)19-43-31(44-20-28)14-11-26-27-23(10-13-30(26,41)18-31)25-12-15-32(42,33(35,36)34(37,38)39)29(25,3)17-24(27)22-8-6-21(7-9-22)5-4-16-40/h4-9,23-25,41-42H,10-15,17-20H2,1-3H3/b5-4+/t23?,24-,25?,29+,30?,32?/m1/s1. The number of allylic oxidation sites excluding steroid dienone is 2. The molecule has 240 valence electrons. The predicted octanol–water partition coefficient (Wildman–Crippen LogP) is 7.45. The van der Waals surface area contributed by atoms with Crippen LogP contribution in [0.1, 0.15) is 89.2 Å². The number of benzene rings is 1. The number of hydrogen-bond acceptors (Lipinski definition) is 5. The van der Waals surface area contributed by atoms with Gasteiger partial charge >= 0.3 is 12.1 Å². The summed E-state index contributed by atoms with van der Waals surface area (Å²) in [6.45, 7) is 6.47. The van der Waals surface area contributed by atoms with Crippen molar-refractivity contribution in [2.45, 2.75) is 107 Å². The zero-order valence-electron chi connectivity index (χ0n) is 25.3. The molecule has 5 nitrogen and oxygen atoms in total. The van der Waals surface area contributed by atoms with Crippen LogP contribution in [-0.4, -0.2) is 52.5 Å². The molecule has 4 unspecified atom stereocenters. The van der Waals surface area contributed by atoms with Gasteiger partial charge in [0.2, 0.25) is 0 Å². The summed E-state index contributed by atoms with van der Waals surface area (Å²) in [7, 11) is 0. The quantitative estimate of drug-likeness (QED) is 0.208. The minimum atomic E-state index is -5.90. The van der Waals surface area contributed by atoms with Crippen molar-refractivity contribution in [2.24, 2.45) is 22.7 Å². The Morgan fingerprint density at radius 1 is 0.955 bits per heavy atom. The van der Waals surface area contributed by atoms with Crippen molar-refractivity contribution in [3.8, 4) is 6.07 Å². The molecule has 6 rings (SSSR count). The SMILES string of the molecule is CC1(C)COC2(CCC3=C4C(CCC3(O)C2)C2CCC(O)(C(F)(F)C(F)(F)F)[C@@]2(C)C[C@@H]4c2ccc(/C=C/C#N)cc2)OC1. The molecule has 1 saturated heterocycles. The van der Waals surface area contributed by atoms with Crippen LogP contribution in [0.2, 0.25) is 0 Å². The molecule has 5 aliphatic rings. The molecule has 1 aliphatic heterocycles. The Morgan fingerprint density at radius 3 is 2.23 bits per heavy atom. The summed E-state index contributed by atoms with van der Waals surface area (Å²) in [6.07, 6.45) is -1.81. The van der Waals surface area contributed by atoms with Crippen molar-refractivity contribution in [2.75, 3.05) is 13.2 Å². The number of hydrogen-bond donors (Lipinski definition) is 2. The molecule has 4 aliphatic carbocycles. The highest BCUT2D eigenvalue weighted by molar-refractivity contribution is 5.53. The first-order valence-electron chi connectivity index (χ1n) is 15.5. The van der Waals surface area contributed by atoms with Crippen LogP contribution >= 0.6 is 0 Å². The maximum atomic E-state index is 15.3. The van der Waals surface area contributed by atoms with E-state index >= 15 is 8.78 Å². The number of aliphatic hydroxyl groups is 2. The average Bonchev–Trinajstić information content (AvgIpc) is 3.24. The van der Waals surface area contributed by atoms with Crippen molar-refractivity contribution < 1.29 is 41.6 Å². The molecule has 3 saturated carbocycles. The van der Waals surface area contributed by atoms with Crippen LogP contribution in [0.15, 0.2) is 41.5 Å². The first-order chi connectivity index (χ1) is 20.4. The molecule has 0 amide bonds. The fourth-order valence-corrected chi connectivity index (χ4v) is 9.28. The van der Waals surface area contributed by atoms with Crippen molar-refractivity contribution in [3.63, 3.8) is 0 Å². The molecule has 6 atom stereocenters. The molecule has 1 spiro atoms. The second kappa shape index (κ2) is 10.1. The number of ether oxygens (including phenoxy) is 2. The summed E-state index contributed by atoms with van der Waals surface area (Å²) in [5.74, 6) is -7.79. The Hall–Kier alpha value is -2.32. The van der Waals surface area contributed by atoms with Crippen LogP contribution < -0.4 is 0 Å². The van der Waals surface area contributed by atoms with E-state index in [1.165, 1.54) is 13.0 Å². The van der Waals surface area contributed by atoms with E-state index in [4.69, 9.17) is 14.7 Å². The first kappa shape index (κ1) is 31.7. The van der Waals surface area contributed by atoms with E-state index in [9.17, 15) is 23.4 Å². The van der Waals surface area contributed by atoms with E-state index in [-0.39, 0.29) is 30.6 Å². The van der Waals surface area contributed by atoms with Crippen LogP contribution in [0.4, 0.5) is 22.0 Å². The fourth-order valence-electron chi connectivity index (χ4n) is 9.28. The Morgan fingerprint density at radius 2 is 1.61 bits per heavy atom. The smallest absolute Gasteiger partial charge is 0.385 e. The highest BCUT2D eigenvalue weighted by atomic mass is 19.4. The summed E-state index contributed by atoms with van der Waals surface area (Å²) < 4.78 is 84.6. The summed E-state index contributed by atoms with van der Waals surface area (Å²) in [5, 5.41) is 32.6. The zero-order valence-corrected chi connectivity index (χ0v) is 25.3. The molecule has 1 heterocycles. The van der Waals surface area contributed by atoms with E-state index < -0.39 is 52.8 Å². The second-order valence-electron chi connectivity index (χ2n) is 14.8. The lowest BCUT2D eigenvalue weighted by Gasteiger charge is -2.59. The predicted molar refractivity (Wildman–Crippen MR) is 152 cm³/mol. The van der Waals surface area contributed by atoms with E-state index in [0.29, 0.717) is 44.5 Å². The van der Waals surface area contributed by atoms with Crippen molar-refractivity contribution in [1.82, 2.24) is 0 Å². The first-order valence-corrected chi connectivity index (χ1v) is 15.5. The maximum absolute atomic E-state index is 15.3. The molecule has 0 aromatic heterocycles. The number of fused-ring (bicyclic) bond motifs is 4. The van der Waals surface area contributed by atoms with E-state index in [1.807, 2.05) is 19.9 Å². The third kappa shape index (κ3) is 4.59. The molecule has 1 aromatic carbocycles. The van der Waals surface area contributed by atoms with Gasteiger partial charge < -0.3 is 19.7 Å². The van der Waals surface area contributed by atoms with E-state index in [0.717, 1.165) is 16.7 Å². The topological polar surface area (TPSA) is 82.7 Å². The third-order valence-corrected chi connectivity index (χ3v) is 11.6. The minimum Gasteiger partial charge on any atom is -0.385 e. The number of halogens is 5. The van der Waals surface area contributed by atoms with Crippen molar-refractivity contribution in [1.29, 1.82) is 5.26 Å². The van der Waals surface area contributed by atoms with Gasteiger partial charge in [0, 0.05) is 35.7 Å². The van der Waals surface area contributed by atoms with Crippen molar-refractivity contribution in [3.05, 3.63) is 52.6 Å². The largest absolute Gasteiger partial charge is 0.456 e. The summed E-state index contributed by atoms with van der Waals surface area (Å²) in [5.41, 5.74) is -3.26. The summed E-state index contributed by atoms with van der Waals surface area (Å²) in [4.78, 5) is 0. The van der Waals surface area contributed by atoms with Crippen LogP contribution in [0, 0.1) is 34.0 Å². The van der Waals surface area contributed by atoms with Gasteiger partial charge in [-0.3, -0.25) is 0 Å². The Kier molecular flexibility index (Phi) is 7.26. The van der Waals surface area contributed by atoms with Crippen LogP contribution in [0.25, 0.3) is 6.08 Å². The molecule has 0 radical (unpaired) electrons. The van der Waals surface area contributed by atoms with Gasteiger partial charge in [-0.1, -0.05) is 50.6 Å². The third-order valence-electron chi connectivity index (χ3n) is 11.6. The van der Waals surface area contributed by atoms with E-state index in [1.54, 1.807) is 30.3 Å². The van der Waals surface area contributed by atoms with Gasteiger partial charge in [-0.15, -0.1) is 0 Å². The summed E-state index contributed by atoms with van der Waals surface area (Å²) in [6, 6.07) is 9.10. The molecule has 0 bridgehead atoms. The van der Waals surface area contributed by atoms with E-state index in [2.05, 4.69) is 0 Å². The minimum absolute atomic E-state index is 0.0361. The van der Waals surface area contributed by atoms with Gasteiger partial charge in [0.15, 0.2) is 5.79 Å². The summed E-state index contributed by atoms with van der Waals surface area (Å²) >= 11 is 0. The van der Waals surface area contributed by atoms with Crippen LogP contribution in [-0.2, 0) is 9.47 Å². The normalized spacial score (nSPS) is 38.2. The molecule has 4 fully saturated rings. The van der Waals surface area contributed by atoms with Gasteiger partial charge in [0.05, 0.1) is 24.9 Å². The number of nitrogens with zero attached hydrogens (tertiary/aromatic N) is 1. The lowest BCUT2D eigenvalue weighted by atomic mass is 9.49. The average molecular weight is 622 g/mol. The Labute approximate surface area is 254 Å². The molecule has 44 heavy (non-hydrogen) atoms. The van der Waals surface area contributed by atoms with Gasteiger partial charge in [0.25, 0.3) is 0 Å². The van der Waals surface area contributed by atoms with Gasteiger partial charge in [0.1, 0.15) is 5.60 Å². The highest BCUT2D eigenvalue weighted by Crippen LogP contribution is 2.71. The lowest BCUT2D eigenvalue weighted by Crippen LogP contribution is -2.65. The molecule has 2 N–H and O–H groups in total. The van der Waals surface area contributed by atoms with Crippen molar-refractivity contribution >= 4 is 6.08 Å². The molecular formula is C34H40F5NO4. The maximum Gasteiger partial charge on any atom is 0.456 e. The Balaban J connectivity index is 1.45.